The van der Waals surface area contributed by atoms with Crippen molar-refractivity contribution in [3.63, 3.8) is 0 Å². The molecular formula is C20H25BrN2O. The van der Waals surface area contributed by atoms with Crippen molar-refractivity contribution in [1.82, 2.24) is 4.90 Å². The maximum absolute atomic E-state index is 5.55. The number of likely N-dealkylation sites (tertiary alicyclic amines) is 1. The van der Waals surface area contributed by atoms with E-state index in [9.17, 15) is 0 Å². The number of ether oxygens (including phenoxy) is 1. The molecule has 2 aromatic carbocycles. The zero-order valence-electron chi connectivity index (χ0n) is 14.2. The molecule has 1 heterocycles. The van der Waals surface area contributed by atoms with Gasteiger partial charge in [0.15, 0.2) is 0 Å². The van der Waals surface area contributed by atoms with Crippen molar-refractivity contribution in [2.24, 2.45) is 0 Å². The number of nitrogens with zero attached hydrogens (tertiary/aromatic N) is 1. The molecule has 0 unspecified atom stereocenters. The van der Waals surface area contributed by atoms with Crippen LogP contribution in [0.5, 0.6) is 5.75 Å². The van der Waals surface area contributed by atoms with Gasteiger partial charge in [0.05, 0.1) is 7.11 Å². The van der Waals surface area contributed by atoms with Crippen molar-refractivity contribution in [1.29, 1.82) is 0 Å². The first-order valence-corrected chi connectivity index (χ1v) is 9.40. The SMILES string of the molecule is COc1ccc(Br)cc1C1CCN(CCNc2ccccc2)CC1. The summed E-state index contributed by atoms with van der Waals surface area (Å²) in [5.74, 6) is 1.61. The smallest absolute Gasteiger partial charge is 0.122 e. The zero-order valence-corrected chi connectivity index (χ0v) is 15.8. The van der Waals surface area contributed by atoms with Gasteiger partial charge in [-0.25, -0.2) is 0 Å². The van der Waals surface area contributed by atoms with Gasteiger partial charge in [-0.2, -0.15) is 0 Å². The molecule has 0 saturated carbocycles. The highest BCUT2D eigenvalue weighted by Gasteiger charge is 2.23. The van der Waals surface area contributed by atoms with Crippen molar-refractivity contribution in [3.8, 4) is 5.75 Å². The van der Waals surface area contributed by atoms with Crippen molar-refractivity contribution < 1.29 is 4.74 Å². The van der Waals surface area contributed by atoms with Gasteiger partial charge in [-0.15, -0.1) is 0 Å². The molecule has 24 heavy (non-hydrogen) atoms. The van der Waals surface area contributed by atoms with Crippen LogP contribution in [0.4, 0.5) is 5.69 Å². The van der Waals surface area contributed by atoms with Crippen LogP contribution < -0.4 is 10.1 Å². The predicted octanol–water partition coefficient (Wildman–Crippen LogP) is 4.75. The normalized spacial score (nSPS) is 16.1. The highest BCUT2D eigenvalue weighted by molar-refractivity contribution is 9.10. The minimum absolute atomic E-state index is 0.593. The van der Waals surface area contributed by atoms with E-state index in [0.717, 1.165) is 36.4 Å². The molecule has 0 radical (unpaired) electrons. The van der Waals surface area contributed by atoms with Gasteiger partial charge in [0.25, 0.3) is 0 Å². The molecule has 0 aliphatic carbocycles. The first-order valence-electron chi connectivity index (χ1n) is 8.61. The lowest BCUT2D eigenvalue weighted by molar-refractivity contribution is 0.218. The van der Waals surface area contributed by atoms with Gasteiger partial charge in [-0.1, -0.05) is 34.1 Å². The number of rotatable bonds is 6. The number of piperidine rings is 1. The molecule has 2 aromatic rings. The van der Waals surface area contributed by atoms with E-state index >= 15 is 0 Å². The highest BCUT2D eigenvalue weighted by Crippen LogP contribution is 2.35. The van der Waals surface area contributed by atoms with Gasteiger partial charge in [0.1, 0.15) is 5.75 Å². The molecule has 0 atom stereocenters. The first kappa shape index (κ1) is 17.3. The second-order valence-electron chi connectivity index (χ2n) is 6.29. The van der Waals surface area contributed by atoms with Crippen LogP contribution in [0, 0.1) is 0 Å². The van der Waals surface area contributed by atoms with Crippen LogP contribution in [0.25, 0.3) is 0 Å². The maximum Gasteiger partial charge on any atom is 0.122 e. The Hall–Kier alpha value is -1.52. The van der Waals surface area contributed by atoms with Crippen LogP contribution in [0.3, 0.4) is 0 Å². The van der Waals surface area contributed by atoms with Crippen LogP contribution >= 0.6 is 15.9 Å². The van der Waals surface area contributed by atoms with Gasteiger partial charge >= 0.3 is 0 Å². The molecule has 3 nitrogen and oxygen atoms in total. The second-order valence-corrected chi connectivity index (χ2v) is 7.21. The summed E-state index contributed by atoms with van der Waals surface area (Å²) in [6.45, 7) is 4.39. The Morgan fingerprint density at radius 1 is 1.12 bits per heavy atom. The lowest BCUT2D eigenvalue weighted by atomic mass is 9.89. The van der Waals surface area contributed by atoms with Gasteiger partial charge in [-0.05, 0) is 67.7 Å². The van der Waals surface area contributed by atoms with Gasteiger partial charge in [0, 0.05) is 23.2 Å². The molecule has 0 bridgehead atoms. The minimum atomic E-state index is 0.593. The number of hydrogen-bond acceptors (Lipinski definition) is 3. The molecule has 4 heteroatoms. The van der Waals surface area contributed by atoms with Crippen LogP contribution in [0.2, 0.25) is 0 Å². The molecule has 1 aliphatic rings. The molecule has 0 spiro atoms. The number of halogens is 1. The van der Waals surface area contributed by atoms with E-state index in [4.69, 9.17) is 4.74 Å². The molecule has 1 saturated heterocycles. The van der Waals surface area contributed by atoms with Gasteiger partial charge in [0.2, 0.25) is 0 Å². The monoisotopic (exact) mass is 388 g/mol. The number of anilines is 1. The van der Waals surface area contributed by atoms with Crippen LogP contribution in [0.1, 0.15) is 24.3 Å². The van der Waals surface area contributed by atoms with Crippen LogP contribution in [-0.2, 0) is 0 Å². The summed E-state index contributed by atoms with van der Waals surface area (Å²) in [7, 11) is 1.76. The quantitative estimate of drug-likeness (QED) is 0.772. The fraction of sp³-hybridized carbons (Fsp3) is 0.400. The Morgan fingerprint density at radius 3 is 2.58 bits per heavy atom. The Morgan fingerprint density at radius 2 is 1.88 bits per heavy atom. The third-order valence-corrected chi connectivity index (χ3v) is 5.24. The first-order chi connectivity index (χ1) is 11.8. The number of hydrogen-bond donors (Lipinski definition) is 1. The average molecular weight is 389 g/mol. The predicted molar refractivity (Wildman–Crippen MR) is 104 cm³/mol. The Bertz CT molecular complexity index is 639. The van der Waals surface area contributed by atoms with Gasteiger partial charge in [-0.3, -0.25) is 0 Å². The average Bonchev–Trinajstić information content (AvgIpc) is 2.63. The number of benzene rings is 2. The summed E-state index contributed by atoms with van der Waals surface area (Å²) in [6, 6.07) is 16.8. The molecular weight excluding hydrogens is 364 g/mol. The van der Waals surface area contributed by atoms with Crippen molar-refractivity contribution in [2.45, 2.75) is 18.8 Å². The van der Waals surface area contributed by atoms with E-state index < -0.39 is 0 Å². The highest BCUT2D eigenvalue weighted by atomic mass is 79.9. The molecule has 0 aromatic heterocycles. The number of nitrogens with one attached hydrogen (secondary N) is 1. The van der Waals surface area contributed by atoms with E-state index in [1.807, 2.05) is 12.1 Å². The Labute approximate surface area is 153 Å². The van der Waals surface area contributed by atoms with E-state index in [2.05, 4.69) is 62.5 Å². The fourth-order valence-corrected chi connectivity index (χ4v) is 3.78. The van der Waals surface area contributed by atoms with Crippen molar-refractivity contribution in [3.05, 3.63) is 58.6 Å². The molecule has 128 valence electrons. The van der Waals surface area contributed by atoms with Crippen LogP contribution in [0.15, 0.2) is 53.0 Å². The molecule has 0 amide bonds. The van der Waals surface area contributed by atoms with Crippen molar-refractivity contribution >= 4 is 21.6 Å². The fourth-order valence-electron chi connectivity index (χ4n) is 3.41. The van der Waals surface area contributed by atoms with E-state index in [-0.39, 0.29) is 0 Å². The third-order valence-electron chi connectivity index (χ3n) is 4.75. The van der Waals surface area contributed by atoms with Crippen molar-refractivity contribution in [2.75, 3.05) is 38.6 Å². The standard InChI is InChI=1S/C20H25BrN2O/c1-24-20-8-7-17(21)15-19(20)16-9-12-23(13-10-16)14-11-22-18-5-3-2-4-6-18/h2-8,15-16,22H,9-14H2,1H3. The number of para-hydroxylation sites is 1. The summed E-state index contributed by atoms with van der Waals surface area (Å²) in [6.07, 6.45) is 2.39. The lowest BCUT2D eigenvalue weighted by Gasteiger charge is -2.32. The molecule has 3 rings (SSSR count). The van der Waals surface area contributed by atoms with E-state index in [0.29, 0.717) is 5.92 Å². The number of methoxy groups -OCH3 is 1. The van der Waals surface area contributed by atoms with E-state index in [1.165, 1.54) is 24.1 Å². The summed E-state index contributed by atoms with van der Waals surface area (Å²) in [5.41, 5.74) is 2.54. The summed E-state index contributed by atoms with van der Waals surface area (Å²) in [4.78, 5) is 2.55. The molecule has 1 N–H and O–H groups in total. The minimum Gasteiger partial charge on any atom is -0.496 e. The lowest BCUT2D eigenvalue weighted by Crippen LogP contribution is -2.36. The van der Waals surface area contributed by atoms with Gasteiger partial charge < -0.3 is 15.0 Å². The topological polar surface area (TPSA) is 24.5 Å². The molecule has 1 fully saturated rings. The van der Waals surface area contributed by atoms with Crippen LogP contribution in [-0.4, -0.2) is 38.2 Å². The molecule has 1 aliphatic heterocycles. The largest absolute Gasteiger partial charge is 0.496 e. The summed E-state index contributed by atoms with van der Waals surface area (Å²) < 4.78 is 6.68. The third kappa shape index (κ3) is 4.52. The zero-order chi connectivity index (χ0) is 16.8. The Kier molecular flexibility index (Phi) is 6.16. The maximum atomic E-state index is 5.55. The second kappa shape index (κ2) is 8.54. The Balaban J connectivity index is 1.48. The van der Waals surface area contributed by atoms with E-state index in [1.54, 1.807) is 7.11 Å². The summed E-state index contributed by atoms with van der Waals surface area (Å²) >= 11 is 3.59. The summed E-state index contributed by atoms with van der Waals surface area (Å²) in [5, 5.41) is 3.49.